The molecule has 0 amide bonds. The number of pyridine rings is 1. The van der Waals surface area contributed by atoms with Gasteiger partial charge in [-0.05, 0) is 41.6 Å². The molecule has 168 valence electrons. The predicted octanol–water partition coefficient (Wildman–Crippen LogP) is 5.02. The molecule has 33 heavy (non-hydrogen) atoms. The lowest BCUT2D eigenvalue weighted by atomic mass is 10.0. The summed E-state index contributed by atoms with van der Waals surface area (Å²) in [5, 5.41) is 22.9. The molecular formula is C25H26N6S2. The summed E-state index contributed by atoms with van der Waals surface area (Å²) in [6, 6.07) is 14.9. The van der Waals surface area contributed by atoms with Crippen molar-refractivity contribution in [1.82, 2.24) is 14.3 Å². The van der Waals surface area contributed by atoms with E-state index in [9.17, 15) is 10.5 Å². The topological polar surface area (TPSA) is 79.8 Å². The number of hydrogen-bond acceptors (Lipinski definition) is 8. The van der Waals surface area contributed by atoms with E-state index in [1.54, 1.807) is 11.8 Å². The molecule has 0 saturated carbocycles. The molecule has 1 aliphatic rings. The molecule has 2 aromatic heterocycles. The molecule has 1 saturated heterocycles. The third kappa shape index (κ3) is 5.20. The molecule has 1 aliphatic heterocycles. The fourth-order valence-corrected chi connectivity index (χ4v) is 5.72. The zero-order chi connectivity index (χ0) is 23.2. The second kappa shape index (κ2) is 10.8. The highest BCUT2D eigenvalue weighted by Crippen LogP contribution is 2.39. The Balaban J connectivity index is 1.61. The van der Waals surface area contributed by atoms with Gasteiger partial charge in [0.15, 0.2) is 0 Å². The molecule has 0 bridgehead atoms. The van der Waals surface area contributed by atoms with Crippen molar-refractivity contribution in [2.75, 3.05) is 31.1 Å². The van der Waals surface area contributed by atoms with Crippen LogP contribution in [0.3, 0.4) is 0 Å². The molecule has 0 N–H and O–H groups in total. The van der Waals surface area contributed by atoms with Gasteiger partial charge in [-0.3, -0.25) is 4.90 Å². The first kappa shape index (κ1) is 23.3. The molecule has 1 atom stereocenters. The van der Waals surface area contributed by atoms with Crippen LogP contribution in [-0.4, -0.2) is 40.4 Å². The van der Waals surface area contributed by atoms with E-state index in [2.05, 4.69) is 50.7 Å². The van der Waals surface area contributed by atoms with Crippen molar-refractivity contribution in [3.05, 3.63) is 69.7 Å². The standard InChI is InChI=1S/C25H26N6S2/c1-3-21-22(13-26)24(31-11-9-30(10-12-31)16-19-15-28-32-17-19)29-25(23(21)14-27)33-18(2)20-7-5-4-6-8-20/h4-8,15,17-18H,3,9-12,16H2,1-2H3. The number of benzene rings is 1. The maximum Gasteiger partial charge on any atom is 0.148 e. The van der Waals surface area contributed by atoms with Crippen LogP contribution in [0.5, 0.6) is 0 Å². The van der Waals surface area contributed by atoms with E-state index in [-0.39, 0.29) is 5.25 Å². The zero-order valence-electron chi connectivity index (χ0n) is 18.9. The Hall–Kier alpha value is -2.91. The quantitative estimate of drug-likeness (QED) is 0.445. The second-order valence-corrected chi connectivity index (χ2v) is 10.00. The van der Waals surface area contributed by atoms with Crippen LogP contribution >= 0.6 is 23.3 Å². The van der Waals surface area contributed by atoms with Crippen molar-refractivity contribution in [2.45, 2.75) is 37.1 Å². The first-order valence-corrected chi connectivity index (χ1v) is 12.8. The number of rotatable bonds is 7. The largest absolute Gasteiger partial charge is 0.353 e. The van der Waals surface area contributed by atoms with Gasteiger partial charge in [0.05, 0.1) is 11.1 Å². The molecule has 6 nitrogen and oxygen atoms in total. The van der Waals surface area contributed by atoms with Crippen LogP contribution in [0.25, 0.3) is 0 Å². The monoisotopic (exact) mass is 474 g/mol. The molecule has 0 aliphatic carbocycles. The molecule has 3 aromatic rings. The van der Waals surface area contributed by atoms with Gasteiger partial charge in [-0.1, -0.05) is 49.0 Å². The smallest absolute Gasteiger partial charge is 0.148 e. The third-order valence-corrected chi connectivity index (χ3v) is 7.72. The maximum atomic E-state index is 10.0. The van der Waals surface area contributed by atoms with Gasteiger partial charge in [-0.15, -0.1) is 0 Å². The molecular weight excluding hydrogens is 448 g/mol. The molecule has 8 heteroatoms. The Labute approximate surface area is 203 Å². The Bertz CT molecular complexity index is 1160. The molecule has 0 radical (unpaired) electrons. The predicted molar refractivity (Wildman–Crippen MR) is 133 cm³/mol. The summed E-state index contributed by atoms with van der Waals surface area (Å²) in [6.45, 7) is 8.41. The summed E-state index contributed by atoms with van der Waals surface area (Å²) in [7, 11) is 0. The Kier molecular flexibility index (Phi) is 7.61. The normalized spacial score (nSPS) is 15.1. The van der Waals surface area contributed by atoms with E-state index in [0.717, 1.165) is 38.3 Å². The fraction of sp³-hybridized carbons (Fsp3) is 0.360. The molecule has 3 heterocycles. The van der Waals surface area contributed by atoms with Gasteiger partial charge in [0.1, 0.15) is 23.0 Å². The number of nitriles is 2. The number of anilines is 1. The van der Waals surface area contributed by atoms with Crippen LogP contribution in [0.1, 0.15) is 46.9 Å². The average molecular weight is 475 g/mol. The highest BCUT2D eigenvalue weighted by atomic mass is 32.2. The number of aromatic nitrogens is 2. The summed E-state index contributed by atoms with van der Waals surface area (Å²) in [5.41, 5.74) is 4.31. The van der Waals surface area contributed by atoms with Crippen LogP contribution in [-0.2, 0) is 13.0 Å². The van der Waals surface area contributed by atoms with Crippen molar-refractivity contribution in [3.63, 3.8) is 0 Å². The summed E-state index contributed by atoms with van der Waals surface area (Å²) in [4.78, 5) is 9.54. The van der Waals surface area contributed by atoms with Crippen LogP contribution in [0.15, 0.2) is 46.9 Å². The van der Waals surface area contributed by atoms with E-state index < -0.39 is 0 Å². The second-order valence-electron chi connectivity index (χ2n) is 8.01. The number of piperazine rings is 1. The van der Waals surface area contributed by atoms with Gasteiger partial charge < -0.3 is 4.90 Å². The van der Waals surface area contributed by atoms with Crippen molar-refractivity contribution in [2.24, 2.45) is 0 Å². The van der Waals surface area contributed by atoms with Crippen molar-refractivity contribution in [1.29, 1.82) is 10.5 Å². The number of hydrogen-bond donors (Lipinski definition) is 0. The van der Waals surface area contributed by atoms with Crippen LogP contribution < -0.4 is 4.90 Å². The van der Waals surface area contributed by atoms with E-state index in [0.29, 0.717) is 28.4 Å². The Morgan fingerprint density at radius 1 is 1.09 bits per heavy atom. The molecule has 0 spiro atoms. The van der Waals surface area contributed by atoms with Crippen LogP contribution in [0.2, 0.25) is 0 Å². The Morgan fingerprint density at radius 3 is 2.42 bits per heavy atom. The highest BCUT2D eigenvalue weighted by Gasteiger charge is 2.26. The van der Waals surface area contributed by atoms with Crippen molar-refractivity contribution >= 4 is 29.1 Å². The molecule has 1 fully saturated rings. The number of thioether (sulfide) groups is 1. The third-order valence-electron chi connectivity index (χ3n) is 5.94. The lowest BCUT2D eigenvalue weighted by molar-refractivity contribution is 0.249. The highest BCUT2D eigenvalue weighted by molar-refractivity contribution is 7.99. The molecule has 1 unspecified atom stereocenters. The molecule has 4 rings (SSSR count). The summed E-state index contributed by atoms with van der Waals surface area (Å²) in [6.07, 6.45) is 2.55. The lowest BCUT2D eigenvalue weighted by Crippen LogP contribution is -2.46. The summed E-state index contributed by atoms with van der Waals surface area (Å²) >= 11 is 3.07. The number of nitrogens with zero attached hydrogens (tertiary/aromatic N) is 6. The lowest BCUT2D eigenvalue weighted by Gasteiger charge is -2.36. The first-order chi connectivity index (χ1) is 16.1. The van der Waals surface area contributed by atoms with Gasteiger partial charge in [-0.25, -0.2) is 9.36 Å². The van der Waals surface area contributed by atoms with Crippen LogP contribution in [0.4, 0.5) is 5.82 Å². The Morgan fingerprint density at radius 2 is 1.82 bits per heavy atom. The van der Waals surface area contributed by atoms with Gasteiger partial charge in [-0.2, -0.15) is 10.5 Å². The van der Waals surface area contributed by atoms with Gasteiger partial charge in [0, 0.05) is 49.6 Å². The van der Waals surface area contributed by atoms with Crippen molar-refractivity contribution < 1.29 is 0 Å². The van der Waals surface area contributed by atoms with E-state index in [1.165, 1.54) is 22.7 Å². The molecule has 1 aromatic carbocycles. The van der Waals surface area contributed by atoms with E-state index in [1.807, 2.05) is 31.3 Å². The van der Waals surface area contributed by atoms with Gasteiger partial charge >= 0.3 is 0 Å². The van der Waals surface area contributed by atoms with Gasteiger partial charge in [0.2, 0.25) is 0 Å². The van der Waals surface area contributed by atoms with E-state index >= 15 is 0 Å². The SMILES string of the molecule is CCc1c(C#N)c(SC(C)c2ccccc2)nc(N2CCN(Cc3cnsc3)CC2)c1C#N. The fourth-order valence-electron chi connectivity index (χ4n) is 4.14. The van der Waals surface area contributed by atoms with E-state index in [4.69, 9.17) is 4.98 Å². The summed E-state index contributed by atoms with van der Waals surface area (Å²) in [5.74, 6) is 0.716. The van der Waals surface area contributed by atoms with Gasteiger partial charge in [0.25, 0.3) is 0 Å². The zero-order valence-corrected chi connectivity index (χ0v) is 20.5. The average Bonchev–Trinajstić information content (AvgIpc) is 3.37. The first-order valence-electron chi connectivity index (χ1n) is 11.1. The van der Waals surface area contributed by atoms with Crippen molar-refractivity contribution in [3.8, 4) is 12.1 Å². The minimum atomic E-state index is 0.146. The van der Waals surface area contributed by atoms with Crippen LogP contribution in [0, 0.1) is 22.7 Å². The minimum absolute atomic E-state index is 0.146. The summed E-state index contributed by atoms with van der Waals surface area (Å²) < 4.78 is 4.19. The minimum Gasteiger partial charge on any atom is -0.353 e. The maximum absolute atomic E-state index is 10.0.